The molecule has 122 valence electrons. The molecular formula is C18H12Cl2O3S. The molecule has 3 aromatic rings. The molecule has 3 rings (SSSR count). The van der Waals surface area contributed by atoms with Gasteiger partial charge in [-0.2, -0.15) is 0 Å². The normalized spacial score (nSPS) is 10.8. The van der Waals surface area contributed by atoms with E-state index in [1.165, 1.54) is 11.3 Å². The second kappa shape index (κ2) is 6.48. The third kappa shape index (κ3) is 3.00. The van der Waals surface area contributed by atoms with Gasteiger partial charge in [-0.25, -0.2) is 0 Å². The highest BCUT2D eigenvalue weighted by Crippen LogP contribution is 2.39. The minimum atomic E-state index is -0.162. The Balaban J connectivity index is 1.99. The maximum Gasteiger partial charge on any atom is 0.203 e. The fraction of sp³-hybridized carbons (Fsp3) is 0.0556. The second-order valence-electron chi connectivity index (χ2n) is 5.23. The van der Waals surface area contributed by atoms with E-state index in [4.69, 9.17) is 23.2 Å². The predicted molar refractivity (Wildman–Crippen MR) is 97.7 cm³/mol. The van der Waals surface area contributed by atoms with Gasteiger partial charge in [-0.3, -0.25) is 4.79 Å². The first-order valence-electron chi connectivity index (χ1n) is 7.00. The van der Waals surface area contributed by atoms with Crippen LogP contribution in [0.3, 0.4) is 0 Å². The lowest BCUT2D eigenvalue weighted by Gasteiger charge is -2.05. The summed E-state index contributed by atoms with van der Waals surface area (Å²) >= 11 is 13.2. The van der Waals surface area contributed by atoms with Gasteiger partial charge in [0.15, 0.2) is 5.75 Å². The summed E-state index contributed by atoms with van der Waals surface area (Å²) in [5, 5.41) is 19.7. The van der Waals surface area contributed by atoms with E-state index in [-0.39, 0.29) is 27.3 Å². The van der Waals surface area contributed by atoms with E-state index in [1.807, 2.05) is 0 Å². The van der Waals surface area contributed by atoms with Crippen LogP contribution in [0.5, 0.6) is 11.5 Å². The quantitative estimate of drug-likeness (QED) is 0.577. The van der Waals surface area contributed by atoms with Gasteiger partial charge in [0, 0.05) is 16.0 Å². The first-order chi connectivity index (χ1) is 11.4. The van der Waals surface area contributed by atoms with E-state index >= 15 is 0 Å². The Labute approximate surface area is 152 Å². The number of carbonyl (C=O) groups is 1. The predicted octanol–water partition coefficient (Wildman–Crippen LogP) is 5.67. The standard InChI is InChI=1S/C18H12Cl2O3S/c1-9-11(3-2-4-14(9)21)17(22)16-6-5-15(24-16)10-7-12(19)18(23)13(20)8-10/h2-8,21,23H,1H3. The Morgan fingerprint density at radius 3 is 2.38 bits per heavy atom. The van der Waals surface area contributed by atoms with Crippen molar-refractivity contribution in [2.75, 3.05) is 0 Å². The highest BCUT2D eigenvalue weighted by atomic mass is 35.5. The van der Waals surface area contributed by atoms with Gasteiger partial charge >= 0.3 is 0 Å². The fourth-order valence-electron chi connectivity index (χ4n) is 2.33. The number of thiophene rings is 1. The van der Waals surface area contributed by atoms with E-state index in [0.717, 1.165) is 10.4 Å². The van der Waals surface area contributed by atoms with E-state index in [9.17, 15) is 15.0 Å². The minimum absolute atomic E-state index is 0.0923. The molecule has 0 atom stereocenters. The summed E-state index contributed by atoms with van der Waals surface area (Å²) in [6, 6.07) is 11.6. The zero-order valence-electron chi connectivity index (χ0n) is 12.5. The summed E-state index contributed by atoms with van der Waals surface area (Å²) in [6.07, 6.45) is 0. The molecule has 0 spiro atoms. The van der Waals surface area contributed by atoms with Crippen molar-refractivity contribution in [2.24, 2.45) is 0 Å². The Morgan fingerprint density at radius 1 is 1.04 bits per heavy atom. The van der Waals surface area contributed by atoms with Crippen molar-refractivity contribution in [3.63, 3.8) is 0 Å². The van der Waals surface area contributed by atoms with Crippen LogP contribution in [-0.2, 0) is 0 Å². The topological polar surface area (TPSA) is 57.5 Å². The highest BCUT2D eigenvalue weighted by Gasteiger charge is 2.17. The van der Waals surface area contributed by atoms with Crippen LogP contribution in [0.25, 0.3) is 10.4 Å². The molecule has 2 N–H and O–H groups in total. The first-order valence-corrected chi connectivity index (χ1v) is 8.57. The summed E-state index contributed by atoms with van der Waals surface area (Å²) in [5.74, 6) is -0.226. The third-order valence-corrected chi connectivity index (χ3v) is 5.39. The Kier molecular flexibility index (Phi) is 4.54. The van der Waals surface area contributed by atoms with Crippen molar-refractivity contribution in [3.05, 3.63) is 68.5 Å². The molecule has 3 nitrogen and oxygen atoms in total. The van der Waals surface area contributed by atoms with Crippen LogP contribution in [0.15, 0.2) is 42.5 Å². The van der Waals surface area contributed by atoms with Crippen molar-refractivity contribution in [1.29, 1.82) is 0 Å². The van der Waals surface area contributed by atoms with Gasteiger partial charge < -0.3 is 10.2 Å². The maximum absolute atomic E-state index is 12.7. The molecule has 0 saturated heterocycles. The molecule has 0 aliphatic carbocycles. The number of hydrogen-bond donors (Lipinski definition) is 2. The molecule has 0 amide bonds. The molecule has 0 unspecified atom stereocenters. The Hall–Kier alpha value is -2.01. The van der Waals surface area contributed by atoms with Crippen LogP contribution in [0, 0.1) is 6.92 Å². The van der Waals surface area contributed by atoms with Crippen molar-refractivity contribution >= 4 is 40.3 Å². The molecule has 24 heavy (non-hydrogen) atoms. The van der Waals surface area contributed by atoms with Crippen LogP contribution < -0.4 is 0 Å². The molecule has 0 aliphatic heterocycles. The van der Waals surface area contributed by atoms with Gasteiger partial charge in [0.05, 0.1) is 14.9 Å². The monoisotopic (exact) mass is 378 g/mol. The van der Waals surface area contributed by atoms with Gasteiger partial charge in [0.2, 0.25) is 5.78 Å². The van der Waals surface area contributed by atoms with Crippen molar-refractivity contribution in [1.82, 2.24) is 0 Å². The largest absolute Gasteiger partial charge is 0.508 e. The first kappa shape index (κ1) is 16.8. The van der Waals surface area contributed by atoms with E-state index < -0.39 is 0 Å². The van der Waals surface area contributed by atoms with E-state index in [1.54, 1.807) is 49.4 Å². The molecular weight excluding hydrogens is 367 g/mol. The molecule has 2 aromatic carbocycles. The van der Waals surface area contributed by atoms with Crippen molar-refractivity contribution < 1.29 is 15.0 Å². The van der Waals surface area contributed by atoms with Crippen LogP contribution in [-0.4, -0.2) is 16.0 Å². The lowest BCUT2D eigenvalue weighted by molar-refractivity contribution is 0.104. The number of phenolic OH excluding ortho intramolecular Hbond substituents is 2. The minimum Gasteiger partial charge on any atom is -0.508 e. The summed E-state index contributed by atoms with van der Waals surface area (Å²) in [6.45, 7) is 1.70. The van der Waals surface area contributed by atoms with Gasteiger partial charge in [-0.1, -0.05) is 35.3 Å². The van der Waals surface area contributed by atoms with E-state index in [2.05, 4.69) is 0 Å². The number of benzene rings is 2. The molecule has 1 aromatic heterocycles. The lowest BCUT2D eigenvalue weighted by Crippen LogP contribution is -2.01. The summed E-state index contributed by atoms with van der Waals surface area (Å²) in [4.78, 5) is 14.0. The average Bonchev–Trinajstić information content (AvgIpc) is 3.04. The summed E-state index contributed by atoms with van der Waals surface area (Å²) in [7, 11) is 0. The van der Waals surface area contributed by atoms with Gasteiger partial charge in [0.1, 0.15) is 5.75 Å². The lowest BCUT2D eigenvalue weighted by atomic mass is 10.0. The van der Waals surface area contributed by atoms with Crippen LogP contribution in [0.4, 0.5) is 0 Å². The van der Waals surface area contributed by atoms with Crippen LogP contribution in [0.1, 0.15) is 20.8 Å². The number of ketones is 1. The number of aromatic hydroxyl groups is 2. The molecule has 6 heteroatoms. The number of hydrogen-bond acceptors (Lipinski definition) is 4. The van der Waals surface area contributed by atoms with Crippen molar-refractivity contribution in [2.45, 2.75) is 6.92 Å². The zero-order valence-corrected chi connectivity index (χ0v) is 14.8. The smallest absolute Gasteiger partial charge is 0.203 e. The molecule has 0 radical (unpaired) electrons. The van der Waals surface area contributed by atoms with Crippen molar-refractivity contribution in [3.8, 4) is 21.9 Å². The summed E-state index contributed by atoms with van der Waals surface area (Å²) < 4.78 is 0. The molecule has 0 saturated carbocycles. The zero-order chi connectivity index (χ0) is 17.4. The van der Waals surface area contributed by atoms with Gasteiger partial charge in [0.25, 0.3) is 0 Å². The molecule has 0 bridgehead atoms. The SMILES string of the molecule is Cc1c(O)cccc1C(=O)c1ccc(-c2cc(Cl)c(O)c(Cl)c2)s1. The van der Waals surface area contributed by atoms with Gasteiger partial charge in [-0.05, 0) is 42.8 Å². The summed E-state index contributed by atoms with van der Waals surface area (Å²) in [5.41, 5.74) is 1.73. The second-order valence-corrected chi connectivity index (χ2v) is 7.13. The highest BCUT2D eigenvalue weighted by molar-refractivity contribution is 7.17. The Bertz CT molecular complexity index is 924. The molecule has 1 heterocycles. The molecule has 0 fully saturated rings. The molecule has 0 aliphatic rings. The van der Waals surface area contributed by atoms with E-state index in [0.29, 0.717) is 16.0 Å². The van der Waals surface area contributed by atoms with Crippen LogP contribution >= 0.6 is 34.5 Å². The number of carbonyl (C=O) groups excluding carboxylic acids is 1. The maximum atomic E-state index is 12.7. The van der Waals surface area contributed by atoms with Crippen LogP contribution in [0.2, 0.25) is 10.0 Å². The number of halogens is 2. The average molecular weight is 379 g/mol. The van der Waals surface area contributed by atoms with Gasteiger partial charge in [-0.15, -0.1) is 11.3 Å². The fourth-order valence-corrected chi connectivity index (χ4v) is 3.76. The Morgan fingerprint density at radius 2 is 1.71 bits per heavy atom. The number of phenols is 2. The third-order valence-electron chi connectivity index (χ3n) is 3.68. The number of rotatable bonds is 3.